The van der Waals surface area contributed by atoms with E-state index in [1.807, 2.05) is 6.92 Å². The summed E-state index contributed by atoms with van der Waals surface area (Å²) in [5.74, 6) is -1.16. The Morgan fingerprint density at radius 3 is 2.42 bits per heavy atom. The van der Waals surface area contributed by atoms with Gasteiger partial charge in [-0.3, -0.25) is 9.59 Å². The third-order valence-electron chi connectivity index (χ3n) is 3.91. The average Bonchev–Trinajstić information content (AvgIpc) is 2.52. The molecule has 0 radical (unpaired) electrons. The van der Waals surface area contributed by atoms with Gasteiger partial charge in [-0.1, -0.05) is 20.8 Å². The Bertz CT molecular complexity index is 432. The van der Waals surface area contributed by atoms with E-state index in [1.165, 1.54) is 0 Å². The first-order chi connectivity index (χ1) is 11.2. The van der Waals surface area contributed by atoms with Gasteiger partial charge in [0.15, 0.2) is 6.29 Å². The lowest BCUT2D eigenvalue weighted by atomic mass is 9.97. The molecule has 1 aliphatic heterocycles. The van der Waals surface area contributed by atoms with Crippen molar-refractivity contribution in [3.63, 3.8) is 0 Å². The summed E-state index contributed by atoms with van der Waals surface area (Å²) >= 11 is 0. The lowest BCUT2D eigenvalue weighted by Gasteiger charge is -2.40. The minimum atomic E-state index is -1.54. The summed E-state index contributed by atoms with van der Waals surface area (Å²) in [6.07, 6.45) is -4.74. The van der Waals surface area contributed by atoms with E-state index in [2.05, 4.69) is 5.32 Å². The monoisotopic (exact) mass is 348 g/mol. The number of esters is 1. The van der Waals surface area contributed by atoms with E-state index in [9.17, 15) is 24.9 Å². The summed E-state index contributed by atoms with van der Waals surface area (Å²) in [6.45, 7) is 4.96. The molecule has 24 heavy (non-hydrogen) atoms. The van der Waals surface area contributed by atoms with Crippen molar-refractivity contribution in [1.29, 1.82) is 0 Å². The van der Waals surface area contributed by atoms with Gasteiger partial charge in [0.2, 0.25) is 5.91 Å². The molecule has 140 valence electrons. The predicted octanol–water partition coefficient (Wildman–Crippen LogP) is -1.76. The topological polar surface area (TPSA) is 151 Å². The second-order valence-corrected chi connectivity index (χ2v) is 6.29. The summed E-state index contributed by atoms with van der Waals surface area (Å²) < 4.78 is 10.1. The van der Waals surface area contributed by atoms with Gasteiger partial charge in [0, 0.05) is 6.42 Å². The highest BCUT2D eigenvalue weighted by molar-refractivity contribution is 5.76. The summed E-state index contributed by atoms with van der Waals surface area (Å²) in [5, 5.41) is 32.5. The lowest BCUT2D eigenvalue weighted by molar-refractivity contribution is -0.256. The van der Waals surface area contributed by atoms with Gasteiger partial charge in [-0.25, -0.2) is 0 Å². The van der Waals surface area contributed by atoms with Crippen LogP contribution in [0.3, 0.4) is 0 Å². The Hall–Kier alpha value is -1.26. The second-order valence-electron chi connectivity index (χ2n) is 6.29. The molecule has 0 aliphatic carbocycles. The molecule has 1 fully saturated rings. The molecule has 1 heterocycles. The molecule has 6 atom stereocenters. The average molecular weight is 348 g/mol. The molecule has 1 saturated heterocycles. The fourth-order valence-electron chi connectivity index (χ4n) is 2.26. The standard InChI is InChI=1S/C15H28N2O7/c1-4-5-9(18)17-11-13(20)12(19)8(24-15(11)22)6-23-14(21)10(16)7(2)3/h7-8,10-13,15,19-20,22H,4-6,16H2,1-3H3,(H,17,18)/t8-,10+,11-,12-,13-,15?/m1/s1. The zero-order valence-corrected chi connectivity index (χ0v) is 14.2. The van der Waals surface area contributed by atoms with E-state index >= 15 is 0 Å². The fourth-order valence-corrected chi connectivity index (χ4v) is 2.26. The minimum Gasteiger partial charge on any atom is -0.462 e. The number of rotatable bonds is 7. The van der Waals surface area contributed by atoms with Gasteiger partial charge in [-0.05, 0) is 12.3 Å². The van der Waals surface area contributed by atoms with Crippen LogP contribution in [-0.4, -0.2) is 70.5 Å². The Kier molecular flexibility index (Phi) is 8.04. The number of hydrogen-bond acceptors (Lipinski definition) is 8. The molecular weight excluding hydrogens is 320 g/mol. The van der Waals surface area contributed by atoms with E-state index in [0.717, 1.165) is 0 Å². The first-order valence-electron chi connectivity index (χ1n) is 8.10. The van der Waals surface area contributed by atoms with Crippen molar-refractivity contribution < 1.29 is 34.4 Å². The smallest absolute Gasteiger partial charge is 0.323 e. The Labute approximate surface area is 141 Å². The van der Waals surface area contributed by atoms with E-state index in [4.69, 9.17) is 15.2 Å². The molecule has 0 spiro atoms. The fraction of sp³-hybridized carbons (Fsp3) is 0.867. The minimum absolute atomic E-state index is 0.121. The molecule has 9 heteroatoms. The van der Waals surface area contributed by atoms with Crippen molar-refractivity contribution in [2.45, 2.75) is 70.3 Å². The van der Waals surface area contributed by atoms with Gasteiger partial charge in [-0.15, -0.1) is 0 Å². The number of nitrogens with one attached hydrogen (secondary N) is 1. The maximum atomic E-state index is 11.7. The van der Waals surface area contributed by atoms with E-state index in [0.29, 0.717) is 6.42 Å². The second kappa shape index (κ2) is 9.28. The van der Waals surface area contributed by atoms with Crippen molar-refractivity contribution >= 4 is 11.9 Å². The summed E-state index contributed by atoms with van der Waals surface area (Å²) in [7, 11) is 0. The highest BCUT2D eigenvalue weighted by Crippen LogP contribution is 2.21. The number of hydrogen-bond donors (Lipinski definition) is 5. The summed E-state index contributed by atoms with van der Waals surface area (Å²) in [6, 6.07) is -1.98. The molecule has 0 bridgehead atoms. The molecule has 1 rings (SSSR count). The molecular formula is C15H28N2O7. The summed E-state index contributed by atoms with van der Waals surface area (Å²) in [4.78, 5) is 23.3. The molecule has 0 aromatic carbocycles. The van der Waals surface area contributed by atoms with Crippen molar-refractivity contribution in [3.05, 3.63) is 0 Å². The number of carbonyl (C=O) groups excluding carboxylic acids is 2. The number of nitrogens with two attached hydrogens (primary N) is 1. The predicted molar refractivity (Wildman–Crippen MR) is 83.5 cm³/mol. The van der Waals surface area contributed by atoms with E-state index < -0.39 is 42.7 Å². The van der Waals surface area contributed by atoms with Crippen LogP contribution in [0.25, 0.3) is 0 Å². The number of ether oxygens (including phenoxy) is 2. The highest BCUT2D eigenvalue weighted by Gasteiger charge is 2.45. The largest absolute Gasteiger partial charge is 0.462 e. The quantitative estimate of drug-likeness (QED) is 0.339. The normalized spacial score (nSPS) is 31.6. The van der Waals surface area contributed by atoms with Crippen LogP contribution in [0.1, 0.15) is 33.6 Å². The van der Waals surface area contributed by atoms with Crippen LogP contribution in [0.2, 0.25) is 0 Å². The molecule has 6 N–H and O–H groups in total. The number of amides is 1. The molecule has 0 aromatic rings. The first kappa shape index (κ1) is 20.8. The molecule has 1 amide bonds. The number of aliphatic hydroxyl groups is 3. The maximum absolute atomic E-state index is 11.7. The third-order valence-corrected chi connectivity index (χ3v) is 3.91. The molecule has 9 nitrogen and oxygen atoms in total. The van der Waals surface area contributed by atoms with Crippen LogP contribution in [0, 0.1) is 5.92 Å². The van der Waals surface area contributed by atoms with Crippen molar-refractivity contribution in [1.82, 2.24) is 5.32 Å². The van der Waals surface area contributed by atoms with Crippen molar-refractivity contribution in [3.8, 4) is 0 Å². The van der Waals surface area contributed by atoms with Crippen LogP contribution in [0.15, 0.2) is 0 Å². The van der Waals surface area contributed by atoms with Crippen molar-refractivity contribution in [2.24, 2.45) is 11.7 Å². The van der Waals surface area contributed by atoms with Gasteiger partial charge in [-0.2, -0.15) is 0 Å². The number of aliphatic hydroxyl groups excluding tert-OH is 3. The van der Waals surface area contributed by atoms with Gasteiger partial charge >= 0.3 is 5.97 Å². The van der Waals surface area contributed by atoms with Crippen LogP contribution in [0.4, 0.5) is 0 Å². The van der Waals surface area contributed by atoms with Crippen molar-refractivity contribution in [2.75, 3.05) is 6.61 Å². The summed E-state index contributed by atoms with van der Waals surface area (Å²) in [5.41, 5.74) is 5.65. The zero-order chi connectivity index (χ0) is 18.4. The Balaban J connectivity index is 2.60. The van der Waals surface area contributed by atoms with Gasteiger partial charge in [0.1, 0.15) is 37.0 Å². The van der Waals surface area contributed by atoms with Gasteiger partial charge in [0.25, 0.3) is 0 Å². The van der Waals surface area contributed by atoms with Gasteiger partial charge in [0.05, 0.1) is 0 Å². The van der Waals surface area contributed by atoms with E-state index in [-0.39, 0.29) is 24.9 Å². The van der Waals surface area contributed by atoms with Gasteiger partial charge < -0.3 is 35.8 Å². The first-order valence-corrected chi connectivity index (χ1v) is 8.10. The zero-order valence-electron chi connectivity index (χ0n) is 14.2. The lowest BCUT2D eigenvalue weighted by Crippen LogP contribution is -2.64. The van der Waals surface area contributed by atoms with Crippen LogP contribution in [-0.2, 0) is 19.1 Å². The van der Waals surface area contributed by atoms with Crippen LogP contribution >= 0.6 is 0 Å². The molecule has 1 aliphatic rings. The van der Waals surface area contributed by atoms with E-state index in [1.54, 1.807) is 13.8 Å². The molecule has 0 saturated carbocycles. The maximum Gasteiger partial charge on any atom is 0.323 e. The van der Waals surface area contributed by atoms with Crippen LogP contribution < -0.4 is 11.1 Å². The number of carbonyl (C=O) groups is 2. The Morgan fingerprint density at radius 1 is 1.25 bits per heavy atom. The molecule has 0 aromatic heterocycles. The molecule has 1 unspecified atom stereocenters. The van der Waals surface area contributed by atoms with Crippen LogP contribution in [0.5, 0.6) is 0 Å². The Morgan fingerprint density at radius 2 is 1.88 bits per heavy atom. The highest BCUT2D eigenvalue weighted by atomic mass is 16.6. The SMILES string of the molecule is CCCC(=O)N[C@H]1C(O)O[C@H](COC(=O)[C@@H](N)C(C)C)[C@@H](O)[C@@H]1O. The third kappa shape index (κ3) is 5.38.